The van der Waals surface area contributed by atoms with Gasteiger partial charge in [-0.3, -0.25) is 9.67 Å². The summed E-state index contributed by atoms with van der Waals surface area (Å²) >= 11 is 0. The molecule has 0 amide bonds. The Bertz CT molecular complexity index is 817. The molecule has 154 valence electrons. The van der Waals surface area contributed by atoms with Gasteiger partial charge in [0.25, 0.3) is 0 Å². The lowest BCUT2D eigenvalue weighted by Gasteiger charge is -2.25. The van der Waals surface area contributed by atoms with Crippen molar-refractivity contribution in [2.75, 3.05) is 51.3 Å². The van der Waals surface area contributed by atoms with E-state index in [1.54, 1.807) is 17.2 Å². The highest BCUT2D eigenvalue weighted by molar-refractivity contribution is 14.0. The van der Waals surface area contributed by atoms with Gasteiger partial charge >= 0.3 is 0 Å². The zero-order chi connectivity index (χ0) is 18.7. The van der Waals surface area contributed by atoms with Gasteiger partial charge in [0.2, 0.25) is 0 Å². The van der Waals surface area contributed by atoms with Gasteiger partial charge in [-0.05, 0) is 19.8 Å². The van der Waals surface area contributed by atoms with E-state index in [0.717, 1.165) is 55.7 Å². The van der Waals surface area contributed by atoms with Crippen LogP contribution in [0.4, 0.5) is 5.82 Å². The Morgan fingerprint density at radius 2 is 2.25 bits per heavy atom. The first kappa shape index (κ1) is 21.0. The Kier molecular flexibility index (Phi) is 6.91. The van der Waals surface area contributed by atoms with Gasteiger partial charge in [-0.15, -0.1) is 24.0 Å². The van der Waals surface area contributed by atoms with E-state index in [1.165, 1.54) is 12.8 Å². The Morgan fingerprint density at radius 1 is 1.36 bits per heavy atom. The van der Waals surface area contributed by atoms with Crippen molar-refractivity contribution in [2.24, 2.45) is 17.5 Å². The summed E-state index contributed by atoms with van der Waals surface area (Å²) < 4.78 is 7.39. The molecule has 2 aliphatic rings. The highest BCUT2D eigenvalue weighted by atomic mass is 127. The Balaban J connectivity index is 0.00000225. The highest BCUT2D eigenvalue weighted by Crippen LogP contribution is 2.38. The molecule has 1 unspecified atom stereocenters. The van der Waals surface area contributed by atoms with E-state index in [2.05, 4.69) is 37.5 Å². The molecule has 1 atom stereocenters. The Hall–Kier alpha value is -1.69. The first-order valence-electron chi connectivity index (χ1n) is 9.68. The van der Waals surface area contributed by atoms with Crippen molar-refractivity contribution in [3.63, 3.8) is 0 Å². The van der Waals surface area contributed by atoms with E-state index in [0.29, 0.717) is 18.5 Å². The third kappa shape index (κ3) is 4.32. The van der Waals surface area contributed by atoms with Crippen LogP contribution in [0.15, 0.2) is 17.5 Å². The van der Waals surface area contributed by atoms with Crippen molar-refractivity contribution in [2.45, 2.75) is 19.8 Å². The van der Waals surface area contributed by atoms with Gasteiger partial charge in [0.05, 0.1) is 24.7 Å². The first-order valence-corrected chi connectivity index (χ1v) is 9.68. The molecule has 0 aromatic carbocycles. The summed E-state index contributed by atoms with van der Waals surface area (Å²) in [4.78, 5) is 15.8. The van der Waals surface area contributed by atoms with Crippen molar-refractivity contribution in [3.05, 3.63) is 12.5 Å². The average molecular weight is 500 g/mol. The molecule has 0 saturated carbocycles. The average Bonchev–Trinajstić information content (AvgIpc) is 3.40. The van der Waals surface area contributed by atoms with Crippen molar-refractivity contribution >= 4 is 46.8 Å². The lowest BCUT2D eigenvalue weighted by Crippen LogP contribution is -2.41. The predicted molar refractivity (Wildman–Crippen MR) is 120 cm³/mol. The molecular formula is C18H29IN8O. The van der Waals surface area contributed by atoms with Crippen LogP contribution in [0.2, 0.25) is 0 Å². The number of nitrogens with one attached hydrogen (secondary N) is 2. The second-order valence-electron chi connectivity index (χ2n) is 7.36. The zero-order valence-electron chi connectivity index (χ0n) is 16.5. The summed E-state index contributed by atoms with van der Waals surface area (Å²) in [7, 11) is 1.88. The van der Waals surface area contributed by atoms with Crippen molar-refractivity contribution in [3.8, 4) is 0 Å². The van der Waals surface area contributed by atoms with E-state index < -0.39 is 0 Å². The molecule has 2 saturated heterocycles. The lowest BCUT2D eigenvalue weighted by molar-refractivity contribution is 0.156. The number of hydrogen-bond donors (Lipinski definition) is 2. The van der Waals surface area contributed by atoms with Crippen molar-refractivity contribution < 1.29 is 4.74 Å². The van der Waals surface area contributed by atoms with Gasteiger partial charge in [0.1, 0.15) is 12.1 Å². The highest BCUT2D eigenvalue weighted by Gasteiger charge is 2.42. The Labute approximate surface area is 182 Å². The molecule has 0 aliphatic carbocycles. The summed E-state index contributed by atoms with van der Waals surface area (Å²) in [6.07, 6.45) is 5.71. The largest absolute Gasteiger partial charge is 0.381 e. The van der Waals surface area contributed by atoms with Crippen LogP contribution in [0, 0.1) is 5.41 Å². The van der Waals surface area contributed by atoms with Crippen LogP contribution in [0.5, 0.6) is 0 Å². The van der Waals surface area contributed by atoms with Gasteiger partial charge in [0, 0.05) is 45.2 Å². The molecule has 0 bridgehead atoms. The summed E-state index contributed by atoms with van der Waals surface area (Å²) in [6, 6.07) is 0. The fourth-order valence-electron chi connectivity index (χ4n) is 3.95. The molecule has 4 rings (SSSR count). The summed E-state index contributed by atoms with van der Waals surface area (Å²) in [6.45, 7) is 8.23. The number of halogens is 1. The summed E-state index contributed by atoms with van der Waals surface area (Å²) in [5.41, 5.74) is 1.16. The predicted octanol–water partition coefficient (Wildman–Crippen LogP) is 1.47. The lowest BCUT2D eigenvalue weighted by atomic mass is 9.87. The normalized spacial score (nSPS) is 22.1. The molecule has 4 heterocycles. The number of nitrogens with zero attached hydrogens (tertiary/aromatic N) is 6. The van der Waals surface area contributed by atoms with Crippen LogP contribution in [-0.2, 0) is 11.8 Å². The summed E-state index contributed by atoms with van der Waals surface area (Å²) in [5, 5.41) is 12.0. The van der Waals surface area contributed by atoms with Gasteiger partial charge in [-0.25, -0.2) is 9.97 Å². The molecule has 2 aromatic rings. The SMILES string of the molecule is CCNC(=NCCNc1ncnc2c1cnn2C)N1CCC2(CCOC2)C1.I. The second-order valence-corrected chi connectivity index (χ2v) is 7.36. The van der Waals surface area contributed by atoms with Crippen molar-refractivity contribution in [1.82, 2.24) is 30.0 Å². The summed E-state index contributed by atoms with van der Waals surface area (Å²) in [5.74, 6) is 1.80. The maximum Gasteiger partial charge on any atom is 0.193 e. The molecule has 2 N–H and O–H groups in total. The molecule has 28 heavy (non-hydrogen) atoms. The number of rotatable bonds is 5. The maximum absolute atomic E-state index is 5.64. The Morgan fingerprint density at radius 3 is 3.04 bits per heavy atom. The number of aliphatic imine (C=N–C) groups is 1. The van der Waals surface area contributed by atoms with E-state index in [9.17, 15) is 0 Å². The topological polar surface area (TPSA) is 92.5 Å². The van der Waals surface area contributed by atoms with Gasteiger partial charge in [-0.2, -0.15) is 5.10 Å². The fourth-order valence-corrected chi connectivity index (χ4v) is 3.95. The van der Waals surface area contributed by atoms with E-state index in [1.807, 2.05) is 7.05 Å². The van der Waals surface area contributed by atoms with Crippen LogP contribution in [0.1, 0.15) is 19.8 Å². The smallest absolute Gasteiger partial charge is 0.193 e. The van der Waals surface area contributed by atoms with Crippen LogP contribution >= 0.6 is 24.0 Å². The number of aromatic nitrogens is 4. The number of aryl methyl sites for hydroxylation is 1. The minimum Gasteiger partial charge on any atom is -0.381 e. The van der Waals surface area contributed by atoms with Gasteiger partial charge in [0.15, 0.2) is 11.6 Å². The zero-order valence-corrected chi connectivity index (χ0v) is 18.8. The van der Waals surface area contributed by atoms with E-state index >= 15 is 0 Å². The van der Waals surface area contributed by atoms with Crippen LogP contribution in [-0.4, -0.2) is 76.5 Å². The minimum atomic E-state index is 0. The monoisotopic (exact) mass is 500 g/mol. The first-order chi connectivity index (χ1) is 13.2. The maximum atomic E-state index is 5.64. The minimum absolute atomic E-state index is 0. The van der Waals surface area contributed by atoms with E-state index in [4.69, 9.17) is 9.73 Å². The van der Waals surface area contributed by atoms with Crippen LogP contribution in [0.3, 0.4) is 0 Å². The number of anilines is 1. The van der Waals surface area contributed by atoms with Crippen LogP contribution in [0.25, 0.3) is 11.0 Å². The van der Waals surface area contributed by atoms with E-state index in [-0.39, 0.29) is 24.0 Å². The molecule has 2 aromatic heterocycles. The van der Waals surface area contributed by atoms with Crippen molar-refractivity contribution in [1.29, 1.82) is 0 Å². The fraction of sp³-hybridized carbons (Fsp3) is 0.667. The quantitative estimate of drug-likeness (QED) is 0.278. The number of hydrogen-bond acceptors (Lipinski definition) is 6. The van der Waals surface area contributed by atoms with Crippen LogP contribution < -0.4 is 10.6 Å². The molecule has 2 aliphatic heterocycles. The standard InChI is InChI=1S/C18H28N8O.HI/c1-3-19-17(26-8-4-18(11-26)5-9-27-12-18)21-7-6-20-15-14-10-24-25(2)16(14)23-13-22-15;/h10,13H,3-9,11-12H2,1-2H3,(H,19,21)(H,20,22,23);1H. The third-order valence-corrected chi connectivity index (χ3v) is 5.45. The number of likely N-dealkylation sites (tertiary alicyclic amines) is 1. The molecule has 10 heteroatoms. The molecule has 1 spiro atoms. The number of guanidine groups is 1. The number of fused-ring (bicyclic) bond motifs is 1. The second kappa shape index (κ2) is 9.21. The molecule has 9 nitrogen and oxygen atoms in total. The molecule has 2 fully saturated rings. The third-order valence-electron chi connectivity index (χ3n) is 5.45. The molecular weight excluding hydrogens is 471 g/mol. The van der Waals surface area contributed by atoms with Gasteiger partial charge < -0.3 is 20.3 Å². The van der Waals surface area contributed by atoms with Gasteiger partial charge in [-0.1, -0.05) is 0 Å². The number of ether oxygens (including phenoxy) is 1. The molecule has 0 radical (unpaired) electrons.